The van der Waals surface area contributed by atoms with Gasteiger partial charge in [0.2, 0.25) is 0 Å². The maximum atomic E-state index is 5.90. The maximum absolute atomic E-state index is 5.90. The van der Waals surface area contributed by atoms with Gasteiger partial charge in [-0.15, -0.1) is 22.7 Å². The van der Waals surface area contributed by atoms with Crippen molar-refractivity contribution in [3.63, 3.8) is 0 Å². The molecule has 0 radical (unpaired) electrons. The molecule has 0 aliphatic carbocycles. The van der Waals surface area contributed by atoms with Gasteiger partial charge in [-0.05, 0) is 20.9 Å². The van der Waals surface area contributed by atoms with Gasteiger partial charge in [0.15, 0.2) is 0 Å². The van der Waals surface area contributed by atoms with Gasteiger partial charge < -0.3 is 5.32 Å². The molecule has 3 nitrogen and oxygen atoms in total. The van der Waals surface area contributed by atoms with Crippen molar-refractivity contribution in [3.05, 3.63) is 31.1 Å². The fraction of sp³-hybridized carbons (Fsp3) is 0.400. The van der Waals surface area contributed by atoms with Crippen molar-refractivity contribution < 1.29 is 0 Å². The molecule has 2 aromatic heterocycles. The zero-order valence-electron chi connectivity index (χ0n) is 9.24. The average molecular weight is 274 g/mol. The highest BCUT2D eigenvalue weighted by molar-refractivity contribution is 7.16. The summed E-state index contributed by atoms with van der Waals surface area (Å²) in [5.74, 6) is 0. The zero-order chi connectivity index (χ0) is 11.7. The second-order valence-corrected chi connectivity index (χ2v) is 6.35. The summed E-state index contributed by atoms with van der Waals surface area (Å²) >= 11 is 9.09. The second kappa shape index (κ2) is 4.79. The highest BCUT2D eigenvalue weighted by atomic mass is 35.5. The van der Waals surface area contributed by atoms with E-state index in [1.54, 1.807) is 17.5 Å². The van der Waals surface area contributed by atoms with Crippen LogP contribution in [0, 0.1) is 13.8 Å². The quantitative estimate of drug-likeness (QED) is 0.933. The molecule has 1 N–H and O–H groups in total. The van der Waals surface area contributed by atoms with Crippen molar-refractivity contribution in [1.82, 2.24) is 15.3 Å². The lowest BCUT2D eigenvalue weighted by molar-refractivity contribution is 0.680. The van der Waals surface area contributed by atoms with Crippen molar-refractivity contribution in [2.24, 2.45) is 0 Å². The Hall–Kier alpha value is -0.490. The molecule has 0 saturated carbocycles. The molecule has 0 spiro atoms. The van der Waals surface area contributed by atoms with E-state index in [0.29, 0.717) is 4.34 Å². The van der Waals surface area contributed by atoms with Crippen LogP contribution in [0.4, 0.5) is 0 Å². The molecule has 16 heavy (non-hydrogen) atoms. The SMILES string of the molecule is CNC(c1ncc(Cl)s1)c1nc(C)c(C)s1. The van der Waals surface area contributed by atoms with Gasteiger partial charge in [-0.1, -0.05) is 11.6 Å². The van der Waals surface area contributed by atoms with Crippen molar-refractivity contribution in [2.45, 2.75) is 19.9 Å². The van der Waals surface area contributed by atoms with Crippen LogP contribution in [-0.4, -0.2) is 17.0 Å². The van der Waals surface area contributed by atoms with Crippen LogP contribution in [0.25, 0.3) is 0 Å². The minimum atomic E-state index is 0.0508. The fourth-order valence-electron chi connectivity index (χ4n) is 1.37. The van der Waals surface area contributed by atoms with E-state index >= 15 is 0 Å². The first-order valence-corrected chi connectivity index (χ1v) is 6.85. The Morgan fingerprint density at radius 3 is 2.50 bits per heavy atom. The number of aromatic nitrogens is 2. The van der Waals surface area contributed by atoms with Gasteiger partial charge in [-0.3, -0.25) is 0 Å². The molecule has 0 aromatic carbocycles. The lowest BCUT2D eigenvalue weighted by Gasteiger charge is -2.09. The van der Waals surface area contributed by atoms with E-state index in [0.717, 1.165) is 15.7 Å². The first-order chi connectivity index (χ1) is 7.61. The summed E-state index contributed by atoms with van der Waals surface area (Å²) < 4.78 is 0.709. The molecule has 0 fully saturated rings. The van der Waals surface area contributed by atoms with Crippen LogP contribution in [0.15, 0.2) is 6.20 Å². The van der Waals surface area contributed by atoms with E-state index in [-0.39, 0.29) is 6.04 Å². The molecule has 2 aromatic rings. The molecule has 2 heterocycles. The molecular formula is C10H12ClN3S2. The van der Waals surface area contributed by atoms with Crippen LogP contribution in [0.5, 0.6) is 0 Å². The summed E-state index contributed by atoms with van der Waals surface area (Å²) in [4.78, 5) is 10.1. The third-order valence-corrected chi connectivity index (χ3v) is 4.64. The Kier molecular flexibility index (Phi) is 3.59. The minimum absolute atomic E-state index is 0.0508. The molecule has 6 heteroatoms. The zero-order valence-corrected chi connectivity index (χ0v) is 11.6. The topological polar surface area (TPSA) is 37.8 Å². The number of nitrogens with zero attached hydrogens (tertiary/aromatic N) is 2. The molecule has 1 atom stereocenters. The second-order valence-electron chi connectivity index (χ2n) is 3.42. The van der Waals surface area contributed by atoms with Crippen LogP contribution in [0.1, 0.15) is 26.6 Å². The monoisotopic (exact) mass is 273 g/mol. The standard InChI is InChI=1S/C10H12ClN3S2/c1-5-6(2)15-10(14-5)8(12-3)9-13-4-7(11)16-9/h4,8,12H,1-3H3. The number of halogens is 1. The number of rotatable bonds is 3. The number of hydrogen-bond acceptors (Lipinski definition) is 5. The van der Waals surface area contributed by atoms with E-state index in [9.17, 15) is 0 Å². The largest absolute Gasteiger partial charge is 0.305 e. The summed E-state index contributed by atoms with van der Waals surface area (Å²) in [6.07, 6.45) is 1.68. The van der Waals surface area contributed by atoms with Crippen LogP contribution in [0.3, 0.4) is 0 Å². The lowest BCUT2D eigenvalue weighted by Crippen LogP contribution is -2.17. The highest BCUT2D eigenvalue weighted by Gasteiger charge is 2.19. The summed E-state index contributed by atoms with van der Waals surface area (Å²) in [5.41, 5.74) is 1.09. The Balaban J connectivity index is 2.36. The highest BCUT2D eigenvalue weighted by Crippen LogP contribution is 2.31. The number of hydrogen-bond donors (Lipinski definition) is 1. The van der Waals surface area contributed by atoms with Crippen molar-refractivity contribution in [3.8, 4) is 0 Å². The normalized spacial score (nSPS) is 13.0. The number of thiazole rings is 2. The first kappa shape index (κ1) is 12.0. The minimum Gasteiger partial charge on any atom is -0.305 e. The lowest BCUT2D eigenvalue weighted by atomic mass is 10.3. The molecule has 0 amide bonds. The number of nitrogens with one attached hydrogen (secondary N) is 1. The fourth-order valence-corrected chi connectivity index (χ4v) is 3.53. The summed E-state index contributed by atoms with van der Waals surface area (Å²) in [6.45, 7) is 4.11. The van der Waals surface area contributed by atoms with Gasteiger partial charge in [0.25, 0.3) is 0 Å². The van der Waals surface area contributed by atoms with Gasteiger partial charge in [0, 0.05) is 4.88 Å². The number of aryl methyl sites for hydroxylation is 2. The summed E-state index contributed by atoms with van der Waals surface area (Å²) in [7, 11) is 1.91. The Morgan fingerprint density at radius 1 is 1.31 bits per heavy atom. The Morgan fingerprint density at radius 2 is 2.06 bits per heavy atom. The molecule has 0 aliphatic rings. The predicted octanol–water partition coefficient (Wildman–Crippen LogP) is 3.18. The van der Waals surface area contributed by atoms with Gasteiger partial charge in [0.05, 0.1) is 11.9 Å². The van der Waals surface area contributed by atoms with Crippen molar-refractivity contribution >= 4 is 34.3 Å². The summed E-state index contributed by atoms with van der Waals surface area (Å²) in [6, 6.07) is 0.0508. The van der Waals surface area contributed by atoms with Gasteiger partial charge in [0.1, 0.15) is 20.4 Å². The molecular weight excluding hydrogens is 262 g/mol. The Labute approximate surface area is 108 Å². The van der Waals surface area contributed by atoms with Crippen LogP contribution in [-0.2, 0) is 0 Å². The van der Waals surface area contributed by atoms with Gasteiger partial charge in [-0.25, -0.2) is 9.97 Å². The summed E-state index contributed by atoms with van der Waals surface area (Å²) in [5, 5.41) is 5.23. The van der Waals surface area contributed by atoms with Crippen LogP contribution >= 0.6 is 34.3 Å². The van der Waals surface area contributed by atoms with E-state index in [4.69, 9.17) is 11.6 Å². The first-order valence-electron chi connectivity index (χ1n) is 4.84. The predicted molar refractivity (Wildman–Crippen MR) is 69.6 cm³/mol. The van der Waals surface area contributed by atoms with Crippen molar-refractivity contribution in [2.75, 3.05) is 7.05 Å². The molecule has 0 bridgehead atoms. The molecule has 2 rings (SSSR count). The molecule has 0 aliphatic heterocycles. The maximum Gasteiger partial charge on any atom is 0.118 e. The van der Waals surface area contributed by atoms with Crippen LogP contribution < -0.4 is 5.32 Å². The molecule has 1 unspecified atom stereocenters. The molecule has 86 valence electrons. The van der Waals surface area contributed by atoms with E-state index in [1.807, 2.05) is 14.0 Å². The van der Waals surface area contributed by atoms with E-state index in [2.05, 4.69) is 22.2 Å². The van der Waals surface area contributed by atoms with Gasteiger partial charge in [-0.2, -0.15) is 0 Å². The van der Waals surface area contributed by atoms with E-state index < -0.39 is 0 Å². The third-order valence-electron chi connectivity index (χ3n) is 2.32. The third kappa shape index (κ3) is 2.27. The van der Waals surface area contributed by atoms with Gasteiger partial charge >= 0.3 is 0 Å². The van der Waals surface area contributed by atoms with Crippen LogP contribution in [0.2, 0.25) is 4.34 Å². The van der Waals surface area contributed by atoms with Crippen molar-refractivity contribution in [1.29, 1.82) is 0 Å². The molecule has 0 saturated heterocycles. The van der Waals surface area contributed by atoms with E-state index in [1.165, 1.54) is 16.2 Å². The smallest absolute Gasteiger partial charge is 0.118 e. The average Bonchev–Trinajstić information content (AvgIpc) is 2.77. The Bertz CT molecular complexity index is 472.